The number of esters is 2. The Hall–Kier alpha value is -2.10. The molecule has 0 fully saturated rings. The number of aryl methyl sites for hydroxylation is 2. The second-order valence-corrected chi connectivity index (χ2v) is 4.13. The zero-order chi connectivity index (χ0) is 13.3. The van der Waals surface area contributed by atoms with Crippen molar-refractivity contribution in [3.05, 3.63) is 34.9 Å². The minimum atomic E-state index is -0.532. The van der Waals surface area contributed by atoms with E-state index in [9.17, 15) is 9.59 Å². The van der Waals surface area contributed by atoms with Gasteiger partial charge < -0.3 is 9.47 Å². The minimum Gasteiger partial charge on any atom is -0.463 e. The van der Waals surface area contributed by atoms with E-state index in [4.69, 9.17) is 9.47 Å². The Balaban J connectivity index is 2.45. The lowest BCUT2D eigenvalue weighted by Gasteiger charge is -2.02. The minimum absolute atomic E-state index is 0.256. The fourth-order valence-electron chi connectivity index (χ4n) is 1.79. The van der Waals surface area contributed by atoms with Crippen molar-refractivity contribution in [2.45, 2.75) is 20.8 Å². The molecule has 4 nitrogen and oxygen atoms in total. The maximum atomic E-state index is 11.7. The lowest BCUT2D eigenvalue weighted by atomic mass is 10.0. The summed E-state index contributed by atoms with van der Waals surface area (Å²) in [6.45, 7) is 5.87. The maximum Gasteiger partial charge on any atom is 0.344 e. The van der Waals surface area contributed by atoms with Crippen molar-refractivity contribution in [2.24, 2.45) is 0 Å². The van der Waals surface area contributed by atoms with Crippen LogP contribution >= 0.6 is 0 Å². The van der Waals surface area contributed by atoms with Crippen LogP contribution in [0.4, 0.5) is 0 Å². The molecule has 1 aliphatic heterocycles. The van der Waals surface area contributed by atoms with Gasteiger partial charge in [0.25, 0.3) is 0 Å². The molecule has 0 N–H and O–H groups in total. The Morgan fingerprint density at radius 3 is 2.67 bits per heavy atom. The lowest BCUT2D eigenvalue weighted by molar-refractivity contribution is -0.137. The first kappa shape index (κ1) is 12.4. The van der Waals surface area contributed by atoms with Gasteiger partial charge in [0.1, 0.15) is 5.75 Å². The smallest absolute Gasteiger partial charge is 0.344 e. The van der Waals surface area contributed by atoms with Crippen molar-refractivity contribution < 1.29 is 19.1 Å². The van der Waals surface area contributed by atoms with Crippen LogP contribution in [0.15, 0.2) is 18.2 Å². The summed E-state index contributed by atoms with van der Waals surface area (Å²) in [4.78, 5) is 23.1. The first-order valence-electron chi connectivity index (χ1n) is 5.75. The third-order valence-electron chi connectivity index (χ3n) is 2.86. The molecule has 1 aromatic carbocycles. The molecule has 0 amide bonds. The van der Waals surface area contributed by atoms with E-state index in [1.165, 1.54) is 6.08 Å². The van der Waals surface area contributed by atoms with Gasteiger partial charge in [0, 0.05) is 11.6 Å². The summed E-state index contributed by atoms with van der Waals surface area (Å²) in [5.41, 5.74) is 2.99. The van der Waals surface area contributed by atoms with Crippen LogP contribution < -0.4 is 4.74 Å². The van der Waals surface area contributed by atoms with E-state index in [1.807, 2.05) is 19.9 Å². The van der Waals surface area contributed by atoms with E-state index < -0.39 is 11.9 Å². The molecule has 0 radical (unpaired) electrons. The van der Waals surface area contributed by atoms with Crippen LogP contribution in [-0.2, 0) is 14.3 Å². The van der Waals surface area contributed by atoms with Gasteiger partial charge in [-0.05, 0) is 44.0 Å². The third kappa shape index (κ3) is 2.14. The van der Waals surface area contributed by atoms with Crippen molar-refractivity contribution in [2.75, 3.05) is 6.61 Å². The molecule has 0 atom stereocenters. The SMILES string of the molecule is CCOC(=O)/C=C1/C(=O)Oc2cc(C)c(C)cc21. The summed E-state index contributed by atoms with van der Waals surface area (Å²) >= 11 is 0. The molecule has 0 aromatic heterocycles. The van der Waals surface area contributed by atoms with Crippen LogP contribution in [0, 0.1) is 13.8 Å². The summed E-state index contributed by atoms with van der Waals surface area (Å²) in [7, 11) is 0. The van der Waals surface area contributed by atoms with E-state index in [2.05, 4.69) is 0 Å². The van der Waals surface area contributed by atoms with Crippen LogP contribution in [0.2, 0.25) is 0 Å². The van der Waals surface area contributed by atoms with Gasteiger partial charge in [0.15, 0.2) is 0 Å². The van der Waals surface area contributed by atoms with Gasteiger partial charge in [-0.3, -0.25) is 0 Å². The molecule has 0 saturated heterocycles. The molecule has 0 aliphatic carbocycles. The molecule has 4 heteroatoms. The molecule has 0 unspecified atom stereocenters. The third-order valence-corrected chi connectivity index (χ3v) is 2.86. The summed E-state index contributed by atoms with van der Waals surface area (Å²) in [5, 5.41) is 0. The summed E-state index contributed by atoms with van der Waals surface area (Å²) in [6.07, 6.45) is 1.19. The Bertz CT molecular complexity index is 555. The molecule has 0 bridgehead atoms. The van der Waals surface area contributed by atoms with Crippen molar-refractivity contribution in [3.63, 3.8) is 0 Å². The molecule has 94 valence electrons. The average molecular weight is 246 g/mol. The monoisotopic (exact) mass is 246 g/mol. The molecule has 1 heterocycles. The summed E-state index contributed by atoms with van der Waals surface area (Å²) in [5.74, 6) is -0.544. The van der Waals surface area contributed by atoms with Gasteiger partial charge in [-0.1, -0.05) is 0 Å². The second kappa shape index (κ2) is 4.64. The predicted octanol–water partition coefficient (Wildman–Crippen LogP) is 2.17. The zero-order valence-electron chi connectivity index (χ0n) is 10.6. The van der Waals surface area contributed by atoms with E-state index in [1.54, 1.807) is 13.0 Å². The van der Waals surface area contributed by atoms with Gasteiger partial charge in [-0.2, -0.15) is 0 Å². The van der Waals surface area contributed by atoms with Crippen LogP contribution in [0.25, 0.3) is 5.57 Å². The Morgan fingerprint density at radius 2 is 2.00 bits per heavy atom. The average Bonchev–Trinajstić information content (AvgIpc) is 2.57. The van der Waals surface area contributed by atoms with Crippen LogP contribution in [0.5, 0.6) is 5.75 Å². The molecule has 0 spiro atoms. The highest BCUT2D eigenvalue weighted by atomic mass is 16.5. The van der Waals surface area contributed by atoms with Gasteiger partial charge >= 0.3 is 11.9 Å². The Labute approximate surface area is 105 Å². The number of hydrogen-bond acceptors (Lipinski definition) is 4. The van der Waals surface area contributed by atoms with E-state index in [-0.39, 0.29) is 12.2 Å². The molecule has 0 saturated carbocycles. The van der Waals surface area contributed by atoms with Crippen LogP contribution in [0.1, 0.15) is 23.6 Å². The highest BCUT2D eigenvalue weighted by Crippen LogP contribution is 2.36. The van der Waals surface area contributed by atoms with Gasteiger partial charge in [0.05, 0.1) is 12.2 Å². The quantitative estimate of drug-likeness (QED) is 0.456. The Kier molecular flexibility index (Phi) is 3.19. The number of benzene rings is 1. The van der Waals surface area contributed by atoms with Crippen LogP contribution in [0.3, 0.4) is 0 Å². The van der Waals surface area contributed by atoms with Gasteiger partial charge in [-0.25, -0.2) is 9.59 Å². The number of fused-ring (bicyclic) bond motifs is 1. The van der Waals surface area contributed by atoms with Gasteiger partial charge in [0.2, 0.25) is 0 Å². The Morgan fingerprint density at radius 1 is 1.33 bits per heavy atom. The number of hydrogen-bond donors (Lipinski definition) is 0. The zero-order valence-corrected chi connectivity index (χ0v) is 10.6. The summed E-state index contributed by atoms with van der Waals surface area (Å²) in [6, 6.07) is 3.65. The highest BCUT2D eigenvalue weighted by Gasteiger charge is 2.28. The number of carbonyl (C=O) groups is 2. The normalized spacial score (nSPS) is 15.5. The standard InChI is InChI=1S/C14H14O4/c1-4-17-13(15)7-11-10-5-8(2)9(3)6-12(10)18-14(11)16/h5-7H,4H2,1-3H3/b11-7+. The fourth-order valence-corrected chi connectivity index (χ4v) is 1.79. The van der Waals surface area contributed by atoms with E-state index in [0.717, 1.165) is 11.1 Å². The predicted molar refractivity (Wildman–Crippen MR) is 66.2 cm³/mol. The number of rotatable bonds is 2. The van der Waals surface area contributed by atoms with Crippen molar-refractivity contribution in [3.8, 4) is 5.75 Å². The molecule has 18 heavy (non-hydrogen) atoms. The highest BCUT2D eigenvalue weighted by molar-refractivity contribution is 6.24. The second-order valence-electron chi connectivity index (χ2n) is 4.13. The first-order chi connectivity index (χ1) is 8.52. The topological polar surface area (TPSA) is 52.6 Å². The summed E-state index contributed by atoms with van der Waals surface area (Å²) < 4.78 is 9.92. The molecular weight excluding hydrogens is 232 g/mol. The molecule has 1 aromatic rings. The maximum absolute atomic E-state index is 11.7. The molecule has 2 rings (SSSR count). The van der Waals surface area contributed by atoms with Gasteiger partial charge in [-0.15, -0.1) is 0 Å². The number of ether oxygens (including phenoxy) is 2. The largest absolute Gasteiger partial charge is 0.463 e. The molecule has 1 aliphatic rings. The van der Waals surface area contributed by atoms with Crippen molar-refractivity contribution in [1.82, 2.24) is 0 Å². The lowest BCUT2D eigenvalue weighted by Crippen LogP contribution is -2.05. The van der Waals surface area contributed by atoms with Crippen molar-refractivity contribution in [1.29, 1.82) is 0 Å². The van der Waals surface area contributed by atoms with Crippen molar-refractivity contribution >= 4 is 17.5 Å². The first-order valence-corrected chi connectivity index (χ1v) is 5.75. The fraction of sp³-hybridized carbons (Fsp3) is 0.286. The van der Waals surface area contributed by atoms with Crippen LogP contribution in [-0.4, -0.2) is 18.5 Å². The molecular formula is C14H14O4. The number of carbonyl (C=O) groups excluding carboxylic acids is 2. The van der Waals surface area contributed by atoms with E-state index >= 15 is 0 Å². The van der Waals surface area contributed by atoms with E-state index in [0.29, 0.717) is 11.3 Å².